The number of nitrogens with zero attached hydrogens (tertiary/aromatic N) is 1. The summed E-state index contributed by atoms with van der Waals surface area (Å²) >= 11 is 0. The predicted molar refractivity (Wildman–Crippen MR) is 123 cm³/mol. The number of ether oxygens (including phenoxy) is 2. The molecule has 33 heavy (non-hydrogen) atoms. The number of esters is 2. The Bertz CT molecular complexity index is 1090. The summed E-state index contributed by atoms with van der Waals surface area (Å²) in [6.45, 7) is 0.270. The van der Waals surface area contributed by atoms with Crippen molar-refractivity contribution in [1.29, 1.82) is 0 Å². The standard InChI is InChI=1S/C27H27NO5/c1-31-25(29)27(26(30)32-2)18-23(21-14-8-4-9-15-21)33-28(19-20-12-6-3-7-13-20)24(27)22-16-10-5-11-17-22/h3-17,23-24H,18-19H2,1-2H3/t23-,24-/m1/s1/i18D/t18-,23+,24+/m0. The second-order valence-corrected chi connectivity index (χ2v) is 7.83. The van der Waals surface area contributed by atoms with Crippen molar-refractivity contribution < 1.29 is 25.3 Å². The van der Waals surface area contributed by atoms with Crippen LogP contribution in [0, 0.1) is 5.41 Å². The lowest BCUT2D eigenvalue weighted by atomic mass is 9.70. The summed E-state index contributed by atoms with van der Waals surface area (Å²) in [5, 5.41) is 1.61. The molecule has 6 nitrogen and oxygen atoms in total. The maximum Gasteiger partial charge on any atom is 0.325 e. The minimum atomic E-state index is -2.00. The van der Waals surface area contributed by atoms with Crippen LogP contribution in [0.2, 0.25) is 0 Å². The number of hydroxylamine groups is 2. The molecule has 0 N–H and O–H groups in total. The minimum absolute atomic E-state index is 0.270. The van der Waals surface area contributed by atoms with Crippen molar-refractivity contribution in [3.63, 3.8) is 0 Å². The van der Waals surface area contributed by atoms with E-state index in [1.54, 1.807) is 5.06 Å². The number of rotatable bonds is 6. The van der Waals surface area contributed by atoms with Crippen LogP contribution in [0.5, 0.6) is 0 Å². The lowest BCUT2D eigenvalue weighted by Gasteiger charge is -2.48. The maximum absolute atomic E-state index is 13.5. The van der Waals surface area contributed by atoms with E-state index in [4.69, 9.17) is 14.3 Å². The Hall–Kier alpha value is -3.48. The van der Waals surface area contributed by atoms with Crippen LogP contribution in [0.15, 0.2) is 91.0 Å². The number of carbonyl (C=O) groups is 2. The number of carbonyl (C=O) groups excluding carboxylic acids is 2. The number of benzene rings is 3. The summed E-state index contributed by atoms with van der Waals surface area (Å²) in [7, 11) is 2.44. The van der Waals surface area contributed by atoms with Gasteiger partial charge in [-0.3, -0.25) is 14.4 Å². The third-order valence-corrected chi connectivity index (χ3v) is 5.85. The zero-order valence-corrected chi connectivity index (χ0v) is 18.6. The summed E-state index contributed by atoms with van der Waals surface area (Å²) in [5.74, 6) is -1.68. The molecule has 4 rings (SSSR count). The van der Waals surface area contributed by atoms with Gasteiger partial charge < -0.3 is 9.47 Å². The Morgan fingerprint density at radius 2 is 1.36 bits per heavy atom. The summed E-state index contributed by atoms with van der Waals surface area (Å²) in [6.07, 6.45) is -2.25. The van der Waals surface area contributed by atoms with Gasteiger partial charge in [-0.2, -0.15) is 5.06 Å². The van der Waals surface area contributed by atoms with Gasteiger partial charge in [0.1, 0.15) is 6.10 Å². The number of hydrogen-bond donors (Lipinski definition) is 0. The normalized spacial score (nSPS) is 22.7. The fourth-order valence-electron chi connectivity index (χ4n) is 4.33. The molecular formula is C27H27NO5. The molecule has 6 heteroatoms. The molecule has 3 atom stereocenters. The molecule has 1 aliphatic rings. The van der Waals surface area contributed by atoms with Crippen molar-refractivity contribution in [2.45, 2.75) is 25.1 Å². The zero-order valence-electron chi connectivity index (χ0n) is 19.6. The highest BCUT2D eigenvalue weighted by atomic mass is 16.7. The van der Waals surface area contributed by atoms with Gasteiger partial charge in [0.25, 0.3) is 0 Å². The molecule has 3 aromatic carbocycles. The average molecular weight is 447 g/mol. The Labute approximate surface area is 195 Å². The molecule has 0 bridgehead atoms. The molecule has 0 spiro atoms. The van der Waals surface area contributed by atoms with Crippen molar-refractivity contribution in [2.75, 3.05) is 14.2 Å². The van der Waals surface area contributed by atoms with Gasteiger partial charge in [-0.05, 0) is 16.7 Å². The molecule has 0 amide bonds. The molecule has 0 unspecified atom stereocenters. The topological polar surface area (TPSA) is 65.1 Å². The first-order valence-corrected chi connectivity index (χ1v) is 10.7. The fourth-order valence-corrected chi connectivity index (χ4v) is 4.33. The summed E-state index contributed by atoms with van der Waals surface area (Å²) in [6, 6.07) is 26.9. The first-order chi connectivity index (χ1) is 16.5. The second kappa shape index (κ2) is 9.98. The van der Waals surface area contributed by atoms with Crippen molar-refractivity contribution in [1.82, 2.24) is 5.06 Å². The van der Waals surface area contributed by atoms with Crippen LogP contribution >= 0.6 is 0 Å². The van der Waals surface area contributed by atoms with E-state index in [-0.39, 0.29) is 6.54 Å². The number of methoxy groups -OCH3 is 2. The largest absolute Gasteiger partial charge is 0.468 e. The molecule has 0 saturated carbocycles. The monoisotopic (exact) mass is 446 g/mol. The lowest BCUT2D eigenvalue weighted by Crippen LogP contribution is -2.56. The quantitative estimate of drug-likeness (QED) is 0.406. The van der Waals surface area contributed by atoms with E-state index < -0.39 is 35.9 Å². The molecule has 1 heterocycles. The molecule has 0 radical (unpaired) electrons. The Kier molecular flexibility index (Phi) is 6.46. The van der Waals surface area contributed by atoms with Crippen LogP contribution in [-0.4, -0.2) is 31.2 Å². The van der Waals surface area contributed by atoms with Gasteiger partial charge in [0.05, 0.1) is 20.3 Å². The van der Waals surface area contributed by atoms with Gasteiger partial charge in [-0.25, -0.2) is 0 Å². The SMILES string of the molecule is [2H][C@H]1[C@H](c2ccccc2)ON(Cc2ccccc2)[C@H](c2ccccc2)C1(C(=O)OC)C(=O)OC. The van der Waals surface area contributed by atoms with Crippen LogP contribution in [-0.2, 0) is 30.4 Å². The Balaban J connectivity index is 1.95. The van der Waals surface area contributed by atoms with E-state index in [1.807, 2.05) is 91.0 Å². The van der Waals surface area contributed by atoms with Gasteiger partial charge in [0, 0.05) is 14.3 Å². The van der Waals surface area contributed by atoms with E-state index in [0.29, 0.717) is 11.1 Å². The van der Waals surface area contributed by atoms with Crippen LogP contribution in [0.25, 0.3) is 0 Å². The average Bonchev–Trinajstić information content (AvgIpc) is 2.90. The third-order valence-electron chi connectivity index (χ3n) is 5.85. The van der Waals surface area contributed by atoms with Crippen molar-refractivity contribution in [3.05, 3.63) is 108 Å². The highest BCUT2D eigenvalue weighted by Gasteiger charge is 2.61. The molecule has 1 fully saturated rings. The minimum Gasteiger partial charge on any atom is -0.468 e. The first-order valence-electron chi connectivity index (χ1n) is 11.3. The highest BCUT2D eigenvalue weighted by Crippen LogP contribution is 2.52. The third kappa shape index (κ3) is 4.40. The van der Waals surface area contributed by atoms with Gasteiger partial charge in [0.15, 0.2) is 5.41 Å². The Morgan fingerprint density at radius 1 is 0.879 bits per heavy atom. The molecular weight excluding hydrogens is 418 g/mol. The van der Waals surface area contributed by atoms with E-state index in [0.717, 1.165) is 5.56 Å². The fraction of sp³-hybridized carbons (Fsp3) is 0.259. The molecule has 1 aliphatic heterocycles. The molecule has 3 aromatic rings. The summed E-state index contributed by atoms with van der Waals surface area (Å²) in [5.41, 5.74) is 0.225. The van der Waals surface area contributed by atoms with Crippen LogP contribution in [0.3, 0.4) is 0 Å². The van der Waals surface area contributed by atoms with Gasteiger partial charge in [-0.1, -0.05) is 91.0 Å². The van der Waals surface area contributed by atoms with Crippen LogP contribution < -0.4 is 0 Å². The molecule has 0 aliphatic carbocycles. The maximum atomic E-state index is 13.5. The van der Waals surface area contributed by atoms with E-state index in [2.05, 4.69) is 0 Å². The first kappa shape index (κ1) is 21.4. The molecule has 0 aromatic heterocycles. The predicted octanol–water partition coefficient (Wildman–Crippen LogP) is 4.64. The number of hydrogen-bond acceptors (Lipinski definition) is 6. The second-order valence-electron chi connectivity index (χ2n) is 7.83. The summed E-state index contributed by atoms with van der Waals surface area (Å²) < 4.78 is 19.6. The lowest BCUT2D eigenvalue weighted by molar-refractivity contribution is -0.294. The van der Waals surface area contributed by atoms with E-state index >= 15 is 0 Å². The van der Waals surface area contributed by atoms with Crippen molar-refractivity contribution >= 4 is 11.9 Å². The Morgan fingerprint density at radius 3 is 1.88 bits per heavy atom. The van der Waals surface area contributed by atoms with Crippen LogP contribution in [0.4, 0.5) is 0 Å². The van der Waals surface area contributed by atoms with Gasteiger partial charge in [-0.15, -0.1) is 0 Å². The highest BCUT2D eigenvalue weighted by molar-refractivity contribution is 6.01. The zero-order chi connectivity index (χ0) is 24.1. The molecule has 1 saturated heterocycles. The van der Waals surface area contributed by atoms with Crippen molar-refractivity contribution in [2.24, 2.45) is 5.41 Å². The van der Waals surface area contributed by atoms with E-state index in [1.165, 1.54) is 14.2 Å². The smallest absolute Gasteiger partial charge is 0.325 e. The van der Waals surface area contributed by atoms with Gasteiger partial charge >= 0.3 is 11.9 Å². The summed E-state index contributed by atoms with van der Waals surface area (Å²) in [4.78, 5) is 33.5. The van der Waals surface area contributed by atoms with E-state index in [9.17, 15) is 11.0 Å². The van der Waals surface area contributed by atoms with Crippen LogP contribution in [0.1, 0.15) is 36.6 Å². The van der Waals surface area contributed by atoms with Crippen molar-refractivity contribution in [3.8, 4) is 0 Å². The molecule has 170 valence electrons. The van der Waals surface area contributed by atoms with Gasteiger partial charge in [0.2, 0.25) is 0 Å².